The minimum Gasteiger partial charge on any atom is -0.262 e. The Labute approximate surface area is 108 Å². The first-order valence-corrected chi connectivity index (χ1v) is 6.23. The van der Waals surface area contributed by atoms with E-state index in [2.05, 4.69) is 41.8 Å². The summed E-state index contributed by atoms with van der Waals surface area (Å²) in [6, 6.07) is 6.07. The van der Waals surface area contributed by atoms with E-state index in [1.165, 1.54) is 5.56 Å². The number of nitrogens with zero attached hydrogens (tertiary/aromatic N) is 5. The molecule has 0 radical (unpaired) electrons. The van der Waals surface area contributed by atoms with Gasteiger partial charge in [-0.2, -0.15) is 4.40 Å². The summed E-state index contributed by atoms with van der Waals surface area (Å²) in [6.07, 6.45) is 9.92. The lowest BCUT2D eigenvalue weighted by Gasteiger charge is -1.91. The van der Waals surface area contributed by atoms with E-state index in [1.807, 2.05) is 30.7 Å². The molecular weight excluding hydrogens is 238 g/mol. The number of aromatic nitrogens is 5. The van der Waals surface area contributed by atoms with E-state index in [4.69, 9.17) is 0 Å². The van der Waals surface area contributed by atoms with Crippen molar-refractivity contribution in [3.8, 4) is 11.5 Å². The van der Waals surface area contributed by atoms with Gasteiger partial charge in [0, 0.05) is 24.2 Å². The molecule has 5 heteroatoms. The zero-order valence-corrected chi connectivity index (χ0v) is 10.1. The van der Waals surface area contributed by atoms with Crippen LogP contribution in [0.5, 0.6) is 0 Å². The molecule has 0 amide bonds. The van der Waals surface area contributed by atoms with Gasteiger partial charge >= 0.3 is 5.82 Å². The van der Waals surface area contributed by atoms with Gasteiger partial charge < -0.3 is 0 Å². The van der Waals surface area contributed by atoms with Gasteiger partial charge in [-0.25, -0.2) is 14.5 Å². The number of pyridine rings is 1. The Morgan fingerprint density at radius 3 is 3.05 bits per heavy atom. The summed E-state index contributed by atoms with van der Waals surface area (Å²) in [7, 11) is 0. The number of hydrogen-bond donors (Lipinski definition) is 0. The first-order valence-electron chi connectivity index (χ1n) is 6.23. The van der Waals surface area contributed by atoms with Crippen LogP contribution in [0.25, 0.3) is 22.8 Å². The van der Waals surface area contributed by atoms with Crippen molar-refractivity contribution in [2.45, 2.75) is 6.54 Å². The maximum atomic E-state index is 4.52. The summed E-state index contributed by atoms with van der Waals surface area (Å²) < 4.78 is 6.50. The van der Waals surface area contributed by atoms with Gasteiger partial charge in [-0.15, -0.1) is 0 Å². The van der Waals surface area contributed by atoms with Gasteiger partial charge in [0.05, 0.1) is 0 Å². The Morgan fingerprint density at radius 2 is 2.05 bits per heavy atom. The Kier molecular flexibility index (Phi) is 1.46. The third-order valence-electron chi connectivity index (χ3n) is 3.73. The summed E-state index contributed by atoms with van der Waals surface area (Å²) in [6.45, 7) is 0.891. The van der Waals surface area contributed by atoms with Crippen molar-refractivity contribution in [2.75, 3.05) is 0 Å². The number of rotatable bonds is 0. The fourth-order valence-electron chi connectivity index (χ4n) is 2.92. The molecule has 0 saturated carbocycles. The van der Waals surface area contributed by atoms with Crippen molar-refractivity contribution >= 4 is 11.3 Å². The molecular formula is C14H10N5+. The molecule has 0 bridgehead atoms. The van der Waals surface area contributed by atoms with E-state index in [0.717, 1.165) is 29.4 Å². The molecule has 0 atom stereocenters. The zero-order chi connectivity index (χ0) is 12.4. The second-order valence-corrected chi connectivity index (χ2v) is 4.80. The highest BCUT2D eigenvalue weighted by Gasteiger charge is 2.32. The lowest BCUT2D eigenvalue weighted by atomic mass is 10.2. The van der Waals surface area contributed by atoms with Gasteiger partial charge in [0.1, 0.15) is 12.7 Å². The Bertz CT molecular complexity index is 947. The van der Waals surface area contributed by atoms with E-state index in [-0.39, 0.29) is 0 Å². The number of imidazole rings is 2. The Hall–Kier alpha value is -2.69. The molecule has 0 saturated heterocycles. The van der Waals surface area contributed by atoms with Crippen LogP contribution in [-0.4, -0.2) is 18.8 Å². The highest BCUT2D eigenvalue weighted by atomic mass is 15.2. The Balaban J connectivity index is 1.97. The third-order valence-corrected chi connectivity index (χ3v) is 3.73. The predicted octanol–water partition coefficient (Wildman–Crippen LogP) is 1.30. The lowest BCUT2D eigenvalue weighted by Crippen LogP contribution is -2.29. The van der Waals surface area contributed by atoms with Crippen molar-refractivity contribution < 1.29 is 4.57 Å². The molecule has 1 aliphatic rings. The zero-order valence-electron chi connectivity index (χ0n) is 10.1. The summed E-state index contributed by atoms with van der Waals surface area (Å²) in [5, 5.41) is 0. The average molecular weight is 248 g/mol. The molecule has 4 aromatic heterocycles. The highest BCUT2D eigenvalue weighted by molar-refractivity contribution is 5.62. The normalized spacial score (nSPS) is 13.1. The van der Waals surface area contributed by atoms with Crippen molar-refractivity contribution in [1.82, 2.24) is 18.8 Å². The van der Waals surface area contributed by atoms with Crippen LogP contribution >= 0.6 is 0 Å². The standard InChI is InChI=1S/C14H10N5/c1-3-10-7-17-9-12-18-6-2-5-15-11(18)8-19(12)14(17)13(10)16-4-1/h1-6,8-9H,7H2/q+1. The van der Waals surface area contributed by atoms with E-state index in [9.17, 15) is 0 Å². The molecule has 0 aliphatic carbocycles. The largest absolute Gasteiger partial charge is 0.315 e. The quantitative estimate of drug-likeness (QED) is 0.387. The topological polar surface area (TPSA) is 38.5 Å². The van der Waals surface area contributed by atoms with Crippen molar-refractivity contribution in [1.29, 1.82) is 0 Å². The predicted molar refractivity (Wildman–Crippen MR) is 68.7 cm³/mol. The maximum Gasteiger partial charge on any atom is 0.315 e. The van der Waals surface area contributed by atoms with Crippen LogP contribution in [0.4, 0.5) is 0 Å². The number of hydrogen-bond acceptors (Lipinski definition) is 2. The molecule has 0 fully saturated rings. The van der Waals surface area contributed by atoms with Crippen LogP contribution in [0.3, 0.4) is 0 Å². The second kappa shape index (κ2) is 3.00. The SMILES string of the molecule is c1cnc2c(c1)C[n+]1cc3n(cc4ncccn43)c1-2. The summed E-state index contributed by atoms with van der Waals surface area (Å²) >= 11 is 0. The summed E-state index contributed by atoms with van der Waals surface area (Å²) in [5.41, 5.74) is 4.41. The van der Waals surface area contributed by atoms with Crippen LogP contribution in [0.2, 0.25) is 0 Å². The molecule has 5 nitrogen and oxygen atoms in total. The van der Waals surface area contributed by atoms with E-state index in [1.54, 1.807) is 0 Å². The van der Waals surface area contributed by atoms with Crippen LogP contribution in [-0.2, 0) is 6.54 Å². The fourth-order valence-corrected chi connectivity index (χ4v) is 2.92. The Morgan fingerprint density at radius 1 is 1.11 bits per heavy atom. The molecule has 19 heavy (non-hydrogen) atoms. The van der Waals surface area contributed by atoms with Gasteiger partial charge in [0.2, 0.25) is 0 Å². The van der Waals surface area contributed by atoms with E-state index >= 15 is 0 Å². The first-order chi connectivity index (χ1) is 9.42. The minimum absolute atomic E-state index is 0.891. The molecule has 1 aliphatic heterocycles. The molecule has 0 spiro atoms. The van der Waals surface area contributed by atoms with Gasteiger partial charge in [-0.05, 0) is 12.1 Å². The number of fused-ring (bicyclic) bond motifs is 7. The molecule has 0 aromatic carbocycles. The van der Waals surface area contributed by atoms with Gasteiger partial charge in [0.25, 0.3) is 5.65 Å². The second-order valence-electron chi connectivity index (χ2n) is 4.80. The molecule has 4 aromatic rings. The monoisotopic (exact) mass is 248 g/mol. The summed E-state index contributed by atoms with van der Waals surface area (Å²) in [4.78, 5) is 8.91. The third kappa shape index (κ3) is 1.03. The lowest BCUT2D eigenvalue weighted by molar-refractivity contribution is -0.670. The van der Waals surface area contributed by atoms with Crippen LogP contribution < -0.4 is 4.57 Å². The van der Waals surface area contributed by atoms with Crippen LogP contribution in [0, 0.1) is 0 Å². The average Bonchev–Trinajstić information content (AvgIpc) is 3.05. The minimum atomic E-state index is 0.891. The van der Waals surface area contributed by atoms with E-state index in [0.29, 0.717) is 0 Å². The van der Waals surface area contributed by atoms with Gasteiger partial charge in [-0.3, -0.25) is 4.40 Å². The molecule has 0 unspecified atom stereocenters. The molecule has 5 rings (SSSR count). The first kappa shape index (κ1) is 9.27. The molecule has 5 heterocycles. The van der Waals surface area contributed by atoms with Gasteiger partial charge in [0.15, 0.2) is 17.5 Å². The van der Waals surface area contributed by atoms with Crippen LogP contribution in [0.1, 0.15) is 5.56 Å². The van der Waals surface area contributed by atoms with Crippen LogP contribution in [0.15, 0.2) is 49.2 Å². The smallest absolute Gasteiger partial charge is 0.262 e. The highest BCUT2D eigenvalue weighted by Crippen LogP contribution is 2.26. The van der Waals surface area contributed by atoms with Crippen molar-refractivity contribution in [3.05, 3.63) is 54.7 Å². The fraction of sp³-hybridized carbons (Fsp3) is 0.0714. The van der Waals surface area contributed by atoms with Crippen molar-refractivity contribution in [3.63, 3.8) is 0 Å². The van der Waals surface area contributed by atoms with Crippen molar-refractivity contribution in [2.24, 2.45) is 0 Å². The van der Waals surface area contributed by atoms with Gasteiger partial charge in [-0.1, -0.05) is 6.07 Å². The maximum absolute atomic E-state index is 4.52. The molecule has 90 valence electrons. The van der Waals surface area contributed by atoms with E-state index < -0.39 is 0 Å². The summed E-state index contributed by atoms with van der Waals surface area (Å²) in [5.74, 6) is 1.14. The molecule has 0 N–H and O–H groups in total.